The third kappa shape index (κ3) is 7.98. The summed E-state index contributed by atoms with van der Waals surface area (Å²) in [5, 5.41) is 5.85. The predicted molar refractivity (Wildman–Crippen MR) is 60.4 cm³/mol. The lowest BCUT2D eigenvalue weighted by Crippen LogP contribution is -2.43. The van der Waals surface area contributed by atoms with E-state index >= 15 is 0 Å². The number of methoxy groups -OCH3 is 1. The minimum atomic E-state index is -0.180. The number of hydrogen-bond acceptors (Lipinski definition) is 3. The Morgan fingerprint density at radius 3 is 2.80 bits per heavy atom. The molecule has 0 radical (unpaired) electrons. The average molecular weight is 212 g/mol. The van der Waals surface area contributed by atoms with Gasteiger partial charge in [0.25, 0.3) is 0 Å². The monoisotopic (exact) mass is 212 g/mol. The summed E-state index contributed by atoms with van der Waals surface area (Å²) in [6, 6.07) is -0.180. The van der Waals surface area contributed by atoms with Crippen LogP contribution in [0.2, 0.25) is 0 Å². The maximum Gasteiger partial charge on any atom is 0.236 e. The molecule has 0 aliphatic rings. The minimum absolute atomic E-state index is 0.00323. The molecule has 4 heteroatoms. The second-order valence-electron chi connectivity index (χ2n) is 3.14. The van der Waals surface area contributed by atoms with Crippen LogP contribution < -0.4 is 10.6 Å². The Hall–Kier alpha value is -1.05. The van der Waals surface area contributed by atoms with Gasteiger partial charge in [0.1, 0.15) is 0 Å². The van der Waals surface area contributed by atoms with Crippen LogP contribution in [0.1, 0.15) is 20.3 Å². The fourth-order valence-electron chi connectivity index (χ4n) is 0.998. The molecule has 0 rings (SSSR count). The Bertz CT molecular complexity index is 230. The third-order valence-electron chi connectivity index (χ3n) is 1.88. The van der Waals surface area contributed by atoms with Gasteiger partial charge in [-0.05, 0) is 13.8 Å². The molecule has 1 unspecified atom stereocenters. The molecule has 0 bridgehead atoms. The summed E-state index contributed by atoms with van der Waals surface area (Å²) in [5.74, 6) is 5.73. The molecule has 0 saturated heterocycles. The first-order chi connectivity index (χ1) is 7.22. The van der Waals surface area contributed by atoms with E-state index in [0.717, 1.165) is 13.0 Å². The lowest BCUT2D eigenvalue weighted by molar-refractivity contribution is -0.122. The number of nitrogens with one attached hydrogen (secondary N) is 2. The molecule has 0 aromatic carbocycles. The van der Waals surface area contributed by atoms with Crippen molar-refractivity contribution in [2.75, 3.05) is 26.8 Å². The van der Waals surface area contributed by atoms with Gasteiger partial charge >= 0.3 is 0 Å². The largest absolute Gasteiger partial charge is 0.383 e. The van der Waals surface area contributed by atoms with E-state index in [1.54, 1.807) is 14.0 Å². The van der Waals surface area contributed by atoms with Crippen molar-refractivity contribution in [2.45, 2.75) is 26.3 Å². The highest BCUT2D eigenvalue weighted by atomic mass is 16.5. The van der Waals surface area contributed by atoms with Gasteiger partial charge in [-0.3, -0.25) is 4.79 Å². The van der Waals surface area contributed by atoms with Crippen molar-refractivity contribution in [1.29, 1.82) is 0 Å². The Morgan fingerprint density at radius 2 is 2.20 bits per heavy atom. The van der Waals surface area contributed by atoms with Gasteiger partial charge in [0, 0.05) is 26.6 Å². The second-order valence-corrected chi connectivity index (χ2v) is 3.14. The molecule has 1 amide bonds. The summed E-state index contributed by atoms with van der Waals surface area (Å²) in [5.41, 5.74) is 0. The van der Waals surface area contributed by atoms with Crippen molar-refractivity contribution in [3.8, 4) is 11.8 Å². The molecule has 0 aliphatic carbocycles. The summed E-state index contributed by atoms with van der Waals surface area (Å²) in [4.78, 5) is 11.4. The first kappa shape index (κ1) is 13.9. The van der Waals surface area contributed by atoms with Gasteiger partial charge in [0.2, 0.25) is 5.91 Å². The van der Waals surface area contributed by atoms with E-state index in [1.165, 1.54) is 0 Å². The fourth-order valence-corrected chi connectivity index (χ4v) is 0.998. The van der Waals surface area contributed by atoms with Crippen LogP contribution in [0.4, 0.5) is 0 Å². The molecule has 4 nitrogen and oxygen atoms in total. The standard InChI is InChI=1S/C11H20N2O2/c1-4-5-6-7-12-10(2)11(14)13-8-9-15-3/h10,12H,6-9H2,1-3H3,(H,13,14). The lowest BCUT2D eigenvalue weighted by Gasteiger charge is -2.12. The Morgan fingerprint density at radius 1 is 1.47 bits per heavy atom. The average Bonchev–Trinajstić information content (AvgIpc) is 2.24. The van der Waals surface area contributed by atoms with E-state index in [-0.39, 0.29) is 11.9 Å². The molecule has 15 heavy (non-hydrogen) atoms. The second kappa shape index (κ2) is 9.50. The topological polar surface area (TPSA) is 50.4 Å². The summed E-state index contributed by atoms with van der Waals surface area (Å²) in [7, 11) is 1.61. The van der Waals surface area contributed by atoms with Crippen LogP contribution in [0.3, 0.4) is 0 Å². The molecule has 0 aromatic rings. The van der Waals surface area contributed by atoms with Crippen molar-refractivity contribution < 1.29 is 9.53 Å². The first-order valence-electron chi connectivity index (χ1n) is 5.12. The maximum atomic E-state index is 11.4. The Labute approximate surface area is 91.8 Å². The van der Waals surface area contributed by atoms with Gasteiger partial charge in [0.15, 0.2) is 0 Å². The van der Waals surface area contributed by atoms with Crippen LogP contribution in [-0.2, 0) is 9.53 Å². The molecule has 0 fully saturated rings. The highest BCUT2D eigenvalue weighted by Crippen LogP contribution is 1.83. The van der Waals surface area contributed by atoms with Gasteiger partial charge in [-0.1, -0.05) is 0 Å². The summed E-state index contributed by atoms with van der Waals surface area (Å²) >= 11 is 0. The van der Waals surface area contributed by atoms with E-state index < -0.39 is 0 Å². The van der Waals surface area contributed by atoms with Gasteiger partial charge < -0.3 is 15.4 Å². The summed E-state index contributed by atoms with van der Waals surface area (Å²) < 4.78 is 4.83. The van der Waals surface area contributed by atoms with Crippen LogP contribution in [0, 0.1) is 11.8 Å². The van der Waals surface area contributed by atoms with Crippen LogP contribution in [0.5, 0.6) is 0 Å². The fraction of sp³-hybridized carbons (Fsp3) is 0.727. The van der Waals surface area contributed by atoms with Crippen molar-refractivity contribution in [2.24, 2.45) is 0 Å². The molecular weight excluding hydrogens is 192 g/mol. The highest BCUT2D eigenvalue weighted by Gasteiger charge is 2.09. The number of hydrogen-bond donors (Lipinski definition) is 2. The first-order valence-corrected chi connectivity index (χ1v) is 5.12. The molecule has 0 spiro atoms. The highest BCUT2D eigenvalue weighted by molar-refractivity contribution is 5.81. The van der Waals surface area contributed by atoms with E-state index in [4.69, 9.17) is 4.74 Å². The van der Waals surface area contributed by atoms with Crippen LogP contribution in [0.25, 0.3) is 0 Å². The SMILES string of the molecule is CC#CCCNC(C)C(=O)NCCOC. The van der Waals surface area contributed by atoms with Crippen LogP contribution in [-0.4, -0.2) is 38.8 Å². The number of rotatable bonds is 7. The van der Waals surface area contributed by atoms with Gasteiger partial charge in [-0.25, -0.2) is 0 Å². The van der Waals surface area contributed by atoms with Crippen LogP contribution in [0.15, 0.2) is 0 Å². The van der Waals surface area contributed by atoms with Gasteiger partial charge in [-0.15, -0.1) is 11.8 Å². The van der Waals surface area contributed by atoms with Crippen molar-refractivity contribution in [3.05, 3.63) is 0 Å². The molecule has 86 valence electrons. The quantitative estimate of drug-likeness (QED) is 0.466. The van der Waals surface area contributed by atoms with E-state index in [0.29, 0.717) is 13.2 Å². The molecular formula is C11H20N2O2. The lowest BCUT2D eigenvalue weighted by atomic mass is 10.3. The van der Waals surface area contributed by atoms with Gasteiger partial charge in [-0.2, -0.15) is 0 Å². The van der Waals surface area contributed by atoms with Crippen molar-refractivity contribution >= 4 is 5.91 Å². The predicted octanol–water partition coefficient (Wildman–Crippen LogP) is 0.141. The molecule has 1 atom stereocenters. The van der Waals surface area contributed by atoms with E-state index in [2.05, 4.69) is 22.5 Å². The maximum absolute atomic E-state index is 11.4. The van der Waals surface area contributed by atoms with Crippen molar-refractivity contribution in [3.63, 3.8) is 0 Å². The molecule has 0 aliphatic heterocycles. The van der Waals surface area contributed by atoms with Gasteiger partial charge in [0.05, 0.1) is 12.6 Å². The number of ether oxygens (including phenoxy) is 1. The molecule has 0 heterocycles. The van der Waals surface area contributed by atoms with Crippen molar-refractivity contribution in [1.82, 2.24) is 10.6 Å². The number of carbonyl (C=O) groups is 1. The Balaban J connectivity index is 3.53. The normalized spacial score (nSPS) is 11.4. The number of carbonyl (C=O) groups excluding carboxylic acids is 1. The van der Waals surface area contributed by atoms with E-state index in [9.17, 15) is 4.79 Å². The zero-order valence-electron chi connectivity index (χ0n) is 9.72. The zero-order chi connectivity index (χ0) is 11.5. The third-order valence-corrected chi connectivity index (χ3v) is 1.88. The minimum Gasteiger partial charge on any atom is -0.383 e. The summed E-state index contributed by atoms with van der Waals surface area (Å²) in [6.07, 6.45) is 0.770. The molecule has 0 saturated carbocycles. The zero-order valence-corrected chi connectivity index (χ0v) is 9.72. The smallest absolute Gasteiger partial charge is 0.236 e. The Kier molecular flexibility index (Phi) is 8.84. The van der Waals surface area contributed by atoms with E-state index in [1.807, 2.05) is 6.92 Å². The molecule has 2 N–H and O–H groups in total. The van der Waals surface area contributed by atoms with Crippen LogP contribution >= 0.6 is 0 Å². The molecule has 0 aromatic heterocycles. The number of amides is 1. The summed E-state index contributed by atoms with van der Waals surface area (Å²) in [6.45, 7) is 5.47.